The number of anilines is 1. The summed E-state index contributed by atoms with van der Waals surface area (Å²) in [7, 11) is 1.76. The molecule has 7 nitrogen and oxygen atoms in total. The predicted octanol–water partition coefficient (Wildman–Crippen LogP) is 3.52. The van der Waals surface area contributed by atoms with Crippen LogP contribution in [0.3, 0.4) is 0 Å². The highest BCUT2D eigenvalue weighted by Gasteiger charge is 2.31. The first kappa shape index (κ1) is 24.1. The molecule has 1 saturated heterocycles. The smallest absolute Gasteiger partial charge is 0.227 e. The number of nitrogens with zero attached hydrogens (tertiary/aromatic N) is 2. The summed E-state index contributed by atoms with van der Waals surface area (Å²) in [6.07, 6.45) is 7.50. The van der Waals surface area contributed by atoms with E-state index in [1.807, 2.05) is 43.0 Å². The second-order valence-electron chi connectivity index (χ2n) is 9.17. The Labute approximate surface area is 192 Å². The molecule has 1 aromatic carbocycles. The minimum absolute atomic E-state index is 0.00391. The summed E-state index contributed by atoms with van der Waals surface area (Å²) in [4.78, 5) is 31.3. The minimum atomic E-state index is -0.00391. The second-order valence-corrected chi connectivity index (χ2v) is 9.17. The molecule has 0 aromatic heterocycles. The highest BCUT2D eigenvalue weighted by molar-refractivity contribution is 5.92. The van der Waals surface area contributed by atoms with Crippen molar-refractivity contribution in [3.63, 3.8) is 0 Å². The number of nitrogens with one attached hydrogen (secondary N) is 3. The van der Waals surface area contributed by atoms with Crippen molar-refractivity contribution in [2.45, 2.75) is 71.4 Å². The second kappa shape index (κ2) is 11.9. The van der Waals surface area contributed by atoms with Crippen LogP contribution in [0, 0.1) is 11.8 Å². The molecule has 3 N–H and O–H groups in total. The van der Waals surface area contributed by atoms with E-state index in [0.29, 0.717) is 12.5 Å². The summed E-state index contributed by atoms with van der Waals surface area (Å²) in [5.41, 5.74) is 1.88. The van der Waals surface area contributed by atoms with E-state index in [4.69, 9.17) is 0 Å². The standard InChI is InChI=1S/C25H39N5O2/c1-4-18(2)23(31)28-21-12-8-9-19(15-21)16-27-25(26-3)29-22-13-14-30(17-22)24(32)20-10-6-5-7-11-20/h8-9,12,15,18,20,22H,4-7,10-11,13-14,16-17H2,1-3H3,(H,28,31)(H2,26,27,29). The lowest BCUT2D eigenvalue weighted by Gasteiger charge is -2.26. The minimum Gasteiger partial charge on any atom is -0.352 e. The van der Waals surface area contributed by atoms with Crippen molar-refractivity contribution in [2.75, 3.05) is 25.5 Å². The number of amides is 2. The zero-order valence-electron chi connectivity index (χ0n) is 19.8. The maximum atomic E-state index is 12.8. The number of guanidine groups is 1. The third-order valence-corrected chi connectivity index (χ3v) is 6.73. The lowest BCUT2D eigenvalue weighted by atomic mass is 9.88. The van der Waals surface area contributed by atoms with E-state index in [0.717, 1.165) is 56.0 Å². The molecule has 0 bridgehead atoms. The molecule has 176 valence electrons. The van der Waals surface area contributed by atoms with Gasteiger partial charge in [-0.25, -0.2) is 0 Å². The fraction of sp³-hybridized carbons (Fsp3) is 0.640. The zero-order valence-corrected chi connectivity index (χ0v) is 19.8. The van der Waals surface area contributed by atoms with Gasteiger partial charge in [0.15, 0.2) is 5.96 Å². The Balaban J connectivity index is 1.47. The normalized spacial score (nSPS) is 20.7. The molecule has 2 unspecified atom stereocenters. The molecule has 3 rings (SSSR count). The fourth-order valence-corrected chi connectivity index (χ4v) is 4.47. The maximum Gasteiger partial charge on any atom is 0.227 e. The molecule has 32 heavy (non-hydrogen) atoms. The SMILES string of the molecule is CCC(C)C(=O)Nc1cccc(CNC(=NC)NC2CCN(C(=O)C3CCCCC3)C2)c1. The Morgan fingerprint density at radius 3 is 2.69 bits per heavy atom. The molecule has 2 fully saturated rings. The number of rotatable bonds is 7. The van der Waals surface area contributed by atoms with Crippen LogP contribution in [-0.4, -0.2) is 48.9 Å². The molecular weight excluding hydrogens is 402 g/mol. The van der Waals surface area contributed by atoms with Gasteiger partial charge in [-0.05, 0) is 43.4 Å². The van der Waals surface area contributed by atoms with Crippen molar-refractivity contribution in [3.05, 3.63) is 29.8 Å². The van der Waals surface area contributed by atoms with Crippen molar-refractivity contribution < 1.29 is 9.59 Å². The molecule has 2 atom stereocenters. The van der Waals surface area contributed by atoms with Crippen LogP contribution in [0.5, 0.6) is 0 Å². The highest BCUT2D eigenvalue weighted by Crippen LogP contribution is 2.26. The van der Waals surface area contributed by atoms with Gasteiger partial charge in [-0.2, -0.15) is 0 Å². The van der Waals surface area contributed by atoms with Gasteiger partial charge in [-0.1, -0.05) is 45.2 Å². The van der Waals surface area contributed by atoms with Crippen LogP contribution in [0.25, 0.3) is 0 Å². The van der Waals surface area contributed by atoms with Gasteiger partial charge in [0.25, 0.3) is 0 Å². The lowest BCUT2D eigenvalue weighted by molar-refractivity contribution is -0.135. The Morgan fingerprint density at radius 2 is 1.97 bits per heavy atom. The summed E-state index contributed by atoms with van der Waals surface area (Å²) in [5.74, 6) is 1.34. The third kappa shape index (κ3) is 6.71. The molecule has 2 aliphatic rings. The number of benzene rings is 1. The van der Waals surface area contributed by atoms with Crippen LogP contribution >= 0.6 is 0 Å². The summed E-state index contributed by atoms with van der Waals surface area (Å²) < 4.78 is 0. The Hall–Kier alpha value is -2.57. The van der Waals surface area contributed by atoms with E-state index in [1.54, 1.807) is 7.05 Å². The molecule has 0 radical (unpaired) electrons. The Kier molecular flexibility index (Phi) is 8.94. The average molecular weight is 442 g/mol. The van der Waals surface area contributed by atoms with Gasteiger partial charge in [-0.15, -0.1) is 0 Å². The molecule has 0 spiro atoms. The van der Waals surface area contributed by atoms with Crippen LogP contribution < -0.4 is 16.0 Å². The van der Waals surface area contributed by atoms with Crippen molar-refractivity contribution in [1.29, 1.82) is 0 Å². The first-order valence-electron chi connectivity index (χ1n) is 12.2. The molecular formula is C25H39N5O2. The van der Waals surface area contributed by atoms with Gasteiger partial charge >= 0.3 is 0 Å². The molecule has 1 saturated carbocycles. The number of hydrogen-bond acceptors (Lipinski definition) is 3. The van der Waals surface area contributed by atoms with E-state index in [2.05, 4.69) is 20.9 Å². The highest BCUT2D eigenvalue weighted by atomic mass is 16.2. The van der Waals surface area contributed by atoms with Crippen LogP contribution in [0.2, 0.25) is 0 Å². The maximum absolute atomic E-state index is 12.8. The van der Waals surface area contributed by atoms with Gasteiger partial charge in [0.1, 0.15) is 0 Å². The van der Waals surface area contributed by atoms with Crippen molar-refractivity contribution in [2.24, 2.45) is 16.8 Å². The molecule has 1 heterocycles. The van der Waals surface area contributed by atoms with Crippen LogP contribution in [0.15, 0.2) is 29.3 Å². The quantitative estimate of drug-likeness (QED) is 0.446. The third-order valence-electron chi connectivity index (χ3n) is 6.73. The van der Waals surface area contributed by atoms with E-state index >= 15 is 0 Å². The number of carbonyl (C=O) groups excluding carboxylic acids is 2. The fourth-order valence-electron chi connectivity index (χ4n) is 4.47. The Morgan fingerprint density at radius 1 is 1.19 bits per heavy atom. The van der Waals surface area contributed by atoms with Crippen LogP contribution in [0.4, 0.5) is 5.69 Å². The van der Waals surface area contributed by atoms with E-state index < -0.39 is 0 Å². The average Bonchev–Trinajstić information content (AvgIpc) is 3.30. The summed E-state index contributed by atoms with van der Waals surface area (Å²) >= 11 is 0. The molecule has 2 amide bonds. The van der Waals surface area contributed by atoms with Gasteiger partial charge in [-0.3, -0.25) is 14.6 Å². The van der Waals surface area contributed by atoms with Gasteiger partial charge in [0.2, 0.25) is 11.8 Å². The number of aliphatic imine (C=N–C) groups is 1. The summed E-state index contributed by atoms with van der Waals surface area (Å²) in [5, 5.41) is 9.81. The van der Waals surface area contributed by atoms with Gasteiger partial charge < -0.3 is 20.9 Å². The van der Waals surface area contributed by atoms with Gasteiger partial charge in [0.05, 0.1) is 0 Å². The summed E-state index contributed by atoms with van der Waals surface area (Å²) in [6, 6.07) is 8.09. The molecule has 1 aliphatic carbocycles. The van der Waals surface area contributed by atoms with E-state index in [1.165, 1.54) is 19.3 Å². The van der Waals surface area contributed by atoms with Crippen molar-refractivity contribution in [1.82, 2.24) is 15.5 Å². The topological polar surface area (TPSA) is 85.8 Å². The van der Waals surface area contributed by atoms with E-state index in [-0.39, 0.29) is 23.8 Å². The van der Waals surface area contributed by atoms with Gasteiger partial charge in [0, 0.05) is 50.2 Å². The largest absolute Gasteiger partial charge is 0.352 e. The molecule has 1 aromatic rings. The first-order valence-corrected chi connectivity index (χ1v) is 12.2. The summed E-state index contributed by atoms with van der Waals surface area (Å²) in [6.45, 7) is 6.11. The van der Waals surface area contributed by atoms with Crippen LogP contribution in [-0.2, 0) is 16.1 Å². The lowest BCUT2D eigenvalue weighted by Crippen LogP contribution is -2.45. The molecule has 7 heteroatoms. The zero-order chi connectivity index (χ0) is 22.9. The number of carbonyl (C=O) groups is 2. The van der Waals surface area contributed by atoms with Crippen LogP contribution in [0.1, 0.15) is 64.4 Å². The number of likely N-dealkylation sites (tertiary alicyclic amines) is 1. The van der Waals surface area contributed by atoms with Crippen molar-refractivity contribution in [3.8, 4) is 0 Å². The predicted molar refractivity (Wildman–Crippen MR) is 129 cm³/mol. The van der Waals surface area contributed by atoms with E-state index in [9.17, 15) is 9.59 Å². The van der Waals surface area contributed by atoms with Crippen molar-refractivity contribution >= 4 is 23.5 Å². The monoisotopic (exact) mass is 441 g/mol. The Bertz CT molecular complexity index is 803. The molecule has 1 aliphatic heterocycles. The first-order chi connectivity index (χ1) is 15.5. The number of hydrogen-bond donors (Lipinski definition) is 3.